The van der Waals surface area contributed by atoms with Crippen LogP contribution in [0.4, 0.5) is 5.82 Å². The molecule has 0 bridgehead atoms. The molecule has 0 atom stereocenters. The fourth-order valence-corrected chi connectivity index (χ4v) is 2.52. The average Bonchev–Trinajstić information content (AvgIpc) is 2.36. The Morgan fingerprint density at radius 1 is 1.28 bits per heavy atom. The second-order valence-corrected chi connectivity index (χ2v) is 5.13. The summed E-state index contributed by atoms with van der Waals surface area (Å²) in [5.74, 6) is 1.96. The van der Waals surface area contributed by atoms with Crippen LogP contribution >= 0.6 is 0 Å². The minimum absolute atomic E-state index is 0.685. The molecule has 2 heterocycles. The lowest BCUT2D eigenvalue weighted by Gasteiger charge is -2.33. The van der Waals surface area contributed by atoms with Crippen LogP contribution in [-0.4, -0.2) is 35.6 Å². The summed E-state index contributed by atoms with van der Waals surface area (Å²) in [7, 11) is 0. The van der Waals surface area contributed by atoms with Gasteiger partial charge < -0.3 is 10.2 Å². The predicted molar refractivity (Wildman–Crippen MR) is 75.0 cm³/mol. The molecule has 18 heavy (non-hydrogen) atoms. The highest BCUT2D eigenvalue weighted by atomic mass is 15.2. The van der Waals surface area contributed by atoms with Crippen LogP contribution in [0.25, 0.3) is 0 Å². The highest BCUT2D eigenvalue weighted by Gasteiger charge is 2.19. The van der Waals surface area contributed by atoms with Gasteiger partial charge in [-0.3, -0.25) is 0 Å². The fourth-order valence-electron chi connectivity index (χ4n) is 2.52. The van der Waals surface area contributed by atoms with Crippen molar-refractivity contribution >= 4 is 5.82 Å². The van der Waals surface area contributed by atoms with Crippen LogP contribution < -0.4 is 10.2 Å². The van der Waals surface area contributed by atoms with Gasteiger partial charge >= 0.3 is 0 Å². The second kappa shape index (κ2) is 6.14. The van der Waals surface area contributed by atoms with Gasteiger partial charge in [-0.1, -0.05) is 6.92 Å². The molecule has 4 heteroatoms. The van der Waals surface area contributed by atoms with Crippen molar-refractivity contribution in [2.75, 3.05) is 24.5 Å². The van der Waals surface area contributed by atoms with E-state index in [9.17, 15) is 0 Å². The molecule has 1 N–H and O–H groups in total. The zero-order valence-electron chi connectivity index (χ0n) is 11.7. The van der Waals surface area contributed by atoms with E-state index in [1.54, 1.807) is 0 Å². The molecule has 0 aliphatic carbocycles. The number of rotatable bonds is 4. The maximum atomic E-state index is 4.54. The first-order valence-corrected chi connectivity index (χ1v) is 6.99. The van der Waals surface area contributed by atoms with Gasteiger partial charge in [-0.2, -0.15) is 0 Å². The zero-order chi connectivity index (χ0) is 13.0. The topological polar surface area (TPSA) is 41.0 Å². The van der Waals surface area contributed by atoms with Crippen LogP contribution in [0.3, 0.4) is 0 Å². The van der Waals surface area contributed by atoms with Gasteiger partial charge in [0.05, 0.1) is 0 Å². The van der Waals surface area contributed by atoms with Crippen molar-refractivity contribution in [3.63, 3.8) is 0 Å². The van der Waals surface area contributed by atoms with Gasteiger partial charge in [-0.15, -0.1) is 0 Å². The Kier molecular flexibility index (Phi) is 4.53. The molecular formula is C14H24N4. The molecule has 0 unspecified atom stereocenters. The number of aromatic nitrogens is 2. The van der Waals surface area contributed by atoms with E-state index in [0.29, 0.717) is 6.04 Å². The Morgan fingerprint density at radius 3 is 2.61 bits per heavy atom. The number of hydrogen-bond donors (Lipinski definition) is 1. The minimum atomic E-state index is 0.685. The summed E-state index contributed by atoms with van der Waals surface area (Å²) in [6.45, 7) is 9.54. The molecular weight excluding hydrogens is 224 g/mol. The molecule has 1 aromatic rings. The quantitative estimate of drug-likeness (QED) is 0.885. The fraction of sp³-hybridized carbons (Fsp3) is 0.714. The summed E-state index contributed by atoms with van der Waals surface area (Å²) >= 11 is 0. The average molecular weight is 248 g/mol. The molecule has 0 aromatic carbocycles. The van der Waals surface area contributed by atoms with E-state index in [0.717, 1.165) is 37.0 Å². The van der Waals surface area contributed by atoms with E-state index in [1.807, 2.05) is 13.8 Å². The largest absolute Gasteiger partial charge is 0.356 e. The molecule has 0 radical (unpaired) electrons. The number of aryl methyl sites for hydroxylation is 2. The van der Waals surface area contributed by atoms with Gasteiger partial charge in [0, 0.05) is 30.9 Å². The van der Waals surface area contributed by atoms with Crippen LogP contribution in [-0.2, 0) is 0 Å². The van der Waals surface area contributed by atoms with E-state index in [-0.39, 0.29) is 0 Å². The van der Waals surface area contributed by atoms with Crippen LogP contribution in [0.1, 0.15) is 37.7 Å². The van der Waals surface area contributed by atoms with Crippen molar-refractivity contribution in [2.24, 2.45) is 0 Å². The smallest absolute Gasteiger partial charge is 0.132 e. The van der Waals surface area contributed by atoms with Gasteiger partial charge in [0.25, 0.3) is 0 Å². The third kappa shape index (κ3) is 3.42. The van der Waals surface area contributed by atoms with Gasteiger partial charge in [0.2, 0.25) is 0 Å². The van der Waals surface area contributed by atoms with E-state index in [1.165, 1.54) is 19.3 Å². The monoisotopic (exact) mass is 248 g/mol. The molecule has 1 aliphatic heterocycles. The highest BCUT2D eigenvalue weighted by Crippen LogP contribution is 2.18. The van der Waals surface area contributed by atoms with Crippen LogP contribution in [0.2, 0.25) is 0 Å². The molecule has 1 saturated heterocycles. The highest BCUT2D eigenvalue weighted by molar-refractivity contribution is 5.40. The Hall–Kier alpha value is -1.16. The molecule has 1 fully saturated rings. The Bertz CT molecular complexity index is 363. The normalized spacial score (nSPS) is 17.2. The van der Waals surface area contributed by atoms with E-state index in [2.05, 4.69) is 33.2 Å². The van der Waals surface area contributed by atoms with Gasteiger partial charge in [0.15, 0.2) is 0 Å². The lowest BCUT2D eigenvalue weighted by Crippen LogP contribution is -2.43. The molecule has 100 valence electrons. The molecule has 2 rings (SSSR count). The SMILES string of the molecule is CCCNC1CCN(c2cc(C)nc(C)n2)CC1. The number of anilines is 1. The Balaban J connectivity index is 1.92. The minimum Gasteiger partial charge on any atom is -0.356 e. The molecule has 1 aromatic heterocycles. The Morgan fingerprint density at radius 2 is 2.00 bits per heavy atom. The van der Waals surface area contributed by atoms with E-state index in [4.69, 9.17) is 0 Å². The first-order valence-electron chi connectivity index (χ1n) is 6.99. The Labute approximate surface area is 110 Å². The maximum absolute atomic E-state index is 4.54. The van der Waals surface area contributed by atoms with Crippen LogP contribution in [0, 0.1) is 13.8 Å². The van der Waals surface area contributed by atoms with E-state index >= 15 is 0 Å². The summed E-state index contributed by atoms with van der Waals surface area (Å²) < 4.78 is 0. The number of nitrogens with zero attached hydrogens (tertiary/aromatic N) is 3. The third-order valence-corrected chi connectivity index (χ3v) is 3.45. The predicted octanol–water partition coefficient (Wildman–Crippen LogP) is 2.06. The lowest BCUT2D eigenvalue weighted by molar-refractivity contribution is 0.414. The van der Waals surface area contributed by atoms with Crippen molar-refractivity contribution in [2.45, 2.75) is 46.1 Å². The second-order valence-electron chi connectivity index (χ2n) is 5.13. The van der Waals surface area contributed by atoms with Crippen molar-refractivity contribution in [3.05, 3.63) is 17.6 Å². The van der Waals surface area contributed by atoms with Gasteiger partial charge in [-0.25, -0.2) is 9.97 Å². The number of nitrogens with one attached hydrogen (secondary N) is 1. The molecule has 0 saturated carbocycles. The summed E-state index contributed by atoms with van der Waals surface area (Å²) in [5.41, 5.74) is 1.06. The summed E-state index contributed by atoms with van der Waals surface area (Å²) in [5, 5.41) is 3.61. The van der Waals surface area contributed by atoms with Crippen molar-refractivity contribution < 1.29 is 0 Å². The standard InChI is InChI=1S/C14H24N4/c1-4-7-15-13-5-8-18(9-6-13)14-10-11(2)16-12(3)17-14/h10,13,15H,4-9H2,1-3H3. The third-order valence-electron chi connectivity index (χ3n) is 3.45. The zero-order valence-corrected chi connectivity index (χ0v) is 11.7. The maximum Gasteiger partial charge on any atom is 0.132 e. The van der Waals surface area contributed by atoms with Gasteiger partial charge in [-0.05, 0) is 39.7 Å². The van der Waals surface area contributed by atoms with Crippen molar-refractivity contribution in [1.82, 2.24) is 15.3 Å². The molecule has 1 aliphatic rings. The first kappa shape index (κ1) is 13.3. The van der Waals surface area contributed by atoms with Crippen molar-refractivity contribution in [1.29, 1.82) is 0 Å². The number of piperidine rings is 1. The van der Waals surface area contributed by atoms with Crippen LogP contribution in [0.5, 0.6) is 0 Å². The van der Waals surface area contributed by atoms with E-state index < -0.39 is 0 Å². The molecule has 0 amide bonds. The summed E-state index contributed by atoms with van der Waals surface area (Å²) in [4.78, 5) is 11.3. The number of hydrogen-bond acceptors (Lipinski definition) is 4. The van der Waals surface area contributed by atoms with Crippen molar-refractivity contribution in [3.8, 4) is 0 Å². The molecule has 0 spiro atoms. The van der Waals surface area contributed by atoms with Crippen LogP contribution in [0.15, 0.2) is 6.07 Å². The first-order chi connectivity index (χ1) is 8.69. The summed E-state index contributed by atoms with van der Waals surface area (Å²) in [6.07, 6.45) is 3.63. The van der Waals surface area contributed by atoms with Gasteiger partial charge in [0.1, 0.15) is 11.6 Å². The molecule has 4 nitrogen and oxygen atoms in total. The summed E-state index contributed by atoms with van der Waals surface area (Å²) in [6, 6.07) is 2.78. The lowest BCUT2D eigenvalue weighted by atomic mass is 10.0.